The zero-order valence-corrected chi connectivity index (χ0v) is 10.1. The smallest absolute Gasteiger partial charge is 0.254 e. The molecule has 0 atom stereocenters. The fraction of sp³-hybridized carbons (Fsp3) is 0.250. The Balaban J connectivity index is 1.81. The van der Waals surface area contributed by atoms with Crippen molar-refractivity contribution in [1.82, 2.24) is 5.32 Å². The predicted octanol–water partition coefficient (Wildman–Crippen LogP) is 1.77. The molecule has 3 N–H and O–H groups in total. The van der Waals surface area contributed by atoms with E-state index in [-0.39, 0.29) is 5.91 Å². The standard InChI is InChI=1S/C12H14N2O2S/c13-6-11-5-10(7-16-11)12(15)14-3-1-9-2-4-17-8-9/h2,4-5,7-8H,1,3,6,13H2,(H,14,15). The molecule has 0 fully saturated rings. The molecule has 0 aliphatic rings. The Morgan fingerprint density at radius 2 is 2.41 bits per heavy atom. The summed E-state index contributed by atoms with van der Waals surface area (Å²) in [6, 6.07) is 3.72. The first-order chi connectivity index (χ1) is 8.29. The van der Waals surface area contributed by atoms with Crippen molar-refractivity contribution >= 4 is 17.2 Å². The molecule has 2 heterocycles. The predicted molar refractivity (Wildman–Crippen MR) is 67.0 cm³/mol. The Bertz CT molecular complexity index is 476. The largest absolute Gasteiger partial charge is 0.467 e. The zero-order valence-electron chi connectivity index (χ0n) is 9.31. The number of carbonyl (C=O) groups excluding carboxylic acids is 1. The highest BCUT2D eigenvalue weighted by molar-refractivity contribution is 7.07. The lowest BCUT2D eigenvalue weighted by Gasteiger charge is -2.01. The zero-order chi connectivity index (χ0) is 12.1. The molecule has 0 unspecified atom stereocenters. The van der Waals surface area contributed by atoms with E-state index in [2.05, 4.69) is 16.8 Å². The molecule has 5 heteroatoms. The third kappa shape index (κ3) is 3.18. The summed E-state index contributed by atoms with van der Waals surface area (Å²) in [6.07, 6.45) is 2.28. The number of hydrogen-bond donors (Lipinski definition) is 2. The van der Waals surface area contributed by atoms with Crippen LogP contribution in [-0.2, 0) is 13.0 Å². The molecule has 0 bridgehead atoms. The number of nitrogens with one attached hydrogen (secondary N) is 1. The van der Waals surface area contributed by atoms with Crippen molar-refractivity contribution in [2.75, 3.05) is 6.54 Å². The van der Waals surface area contributed by atoms with Crippen LogP contribution in [0, 0.1) is 0 Å². The van der Waals surface area contributed by atoms with Crippen LogP contribution < -0.4 is 11.1 Å². The lowest BCUT2D eigenvalue weighted by molar-refractivity contribution is 0.0953. The second-order valence-electron chi connectivity index (χ2n) is 3.64. The summed E-state index contributed by atoms with van der Waals surface area (Å²) in [5.74, 6) is 0.497. The molecule has 0 aromatic carbocycles. The quantitative estimate of drug-likeness (QED) is 0.849. The molecule has 0 aliphatic heterocycles. The Labute approximate surface area is 103 Å². The Hall–Kier alpha value is -1.59. The highest BCUT2D eigenvalue weighted by Gasteiger charge is 2.08. The lowest BCUT2D eigenvalue weighted by Crippen LogP contribution is -2.25. The van der Waals surface area contributed by atoms with Crippen LogP contribution >= 0.6 is 11.3 Å². The minimum absolute atomic E-state index is 0.122. The summed E-state index contributed by atoms with van der Waals surface area (Å²) in [5, 5.41) is 6.95. The van der Waals surface area contributed by atoms with Gasteiger partial charge in [0.05, 0.1) is 12.1 Å². The summed E-state index contributed by atoms with van der Waals surface area (Å²) in [6.45, 7) is 0.931. The van der Waals surface area contributed by atoms with Crippen LogP contribution in [0.25, 0.3) is 0 Å². The maximum absolute atomic E-state index is 11.7. The van der Waals surface area contributed by atoms with Crippen molar-refractivity contribution in [3.8, 4) is 0 Å². The lowest BCUT2D eigenvalue weighted by atomic mass is 10.2. The van der Waals surface area contributed by atoms with E-state index in [4.69, 9.17) is 10.2 Å². The van der Waals surface area contributed by atoms with E-state index in [1.54, 1.807) is 17.4 Å². The van der Waals surface area contributed by atoms with Crippen LogP contribution in [-0.4, -0.2) is 12.5 Å². The molecule has 0 spiro atoms. The summed E-state index contributed by atoms with van der Waals surface area (Å²) in [7, 11) is 0. The first-order valence-electron chi connectivity index (χ1n) is 5.36. The first kappa shape index (κ1) is 11.9. The molecular formula is C12H14N2O2S. The first-order valence-corrected chi connectivity index (χ1v) is 6.30. The van der Waals surface area contributed by atoms with Crippen LogP contribution in [0.4, 0.5) is 0 Å². The molecule has 17 heavy (non-hydrogen) atoms. The third-order valence-electron chi connectivity index (χ3n) is 2.40. The average Bonchev–Trinajstić information content (AvgIpc) is 2.99. The summed E-state index contributed by atoms with van der Waals surface area (Å²) in [4.78, 5) is 11.7. The van der Waals surface area contributed by atoms with Crippen LogP contribution in [0.3, 0.4) is 0 Å². The van der Waals surface area contributed by atoms with Crippen LogP contribution in [0.15, 0.2) is 33.6 Å². The van der Waals surface area contributed by atoms with E-state index in [9.17, 15) is 4.79 Å². The number of furan rings is 1. The molecule has 2 aromatic rings. The van der Waals surface area contributed by atoms with Crippen molar-refractivity contribution in [3.05, 3.63) is 46.0 Å². The third-order valence-corrected chi connectivity index (χ3v) is 3.13. The van der Waals surface area contributed by atoms with E-state index in [0.717, 1.165) is 6.42 Å². The molecule has 90 valence electrons. The maximum Gasteiger partial charge on any atom is 0.254 e. The highest BCUT2D eigenvalue weighted by atomic mass is 32.1. The fourth-order valence-corrected chi connectivity index (χ4v) is 2.17. The molecule has 4 nitrogen and oxygen atoms in total. The normalized spacial score (nSPS) is 10.4. The van der Waals surface area contributed by atoms with Gasteiger partial charge in [-0.05, 0) is 34.9 Å². The van der Waals surface area contributed by atoms with Crippen molar-refractivity contribution in [2.45, 2.75) is 13.0 Å². The topological polar surface area (TPSA) is 68.3 Å². The van der Waals surface area contributed by atoms with Gasteiger partial charge in [-0.2, -0.15) is 11.3 Å². The molecule has 2 aromatic heterocycles. The van der Waals surface area contributed by atoms with Gasteiger partial charge in [0, 0.05) is 6.54 Å². The second-order valence-corrected chi connectivity index (χ2v) is 4.42. The van der Waals surface area contributed by atoms with Crippen molar-refractivity contribution < 1.29 is 9.21 Å². The SMILES string of the molecule is NCc1cc(C(=O)NCCc2ccsc2)co1. The minimum Gasteiger partial charge on any atom is -0.467 e. The number of carbonyl (C=O) groups is 1. The molecule has 0 aliphatic carbocycles. The highest BCUT2D eigenvalue weighted by Crippen LogP contribution is 2.08. The fourth-order valence-electron chi connectivity index (χ4n) is 1.46. The molecule has 0 saturated carbocycles. The number of hydrogen-bond acceptors (Lipinski definition) is 4. The minimum atomic E-state index is -0.122. The second kappa shape index (κ2) is 5.65. The van der Waals surface area contributed by atoms with Gasteiger partial charge >= 0.3 is 0 Å². The van der Waals surface area contributed by atoms with E-state index in [1.165, 1.54) is 11.8 Å². The van der Waals surface area contributed by atoms with E-state index >= 15 is 0 Å². The van der Waals surface area contributed by atoms with E-state index in [1.807, 2.05) is 5.38 Å². The van der Waals surface area contributed by atoms with Gasteiger partial charge in [-0.15, -0.1) is 0 Å². The summed E-state index contributed by atoms with van der Waals surface area (Å²) < 4.78 is 5.10. The van der Waals surface area contributed by atoms with Gasteiger partial charge in [0.15, 0.2) is 0 Å². The van der Waals surface area contributed by atoms with E-state index < -0.39 is 0 Å². The summed E-state index contributed by atoms with van der Waals surface area (Å²) >= 11 is 1.66. The van der Waals surface area contributed by atoms with Gasteiger partial charge < -0.3 is 15.5 Å². The van der Waals surface area contributed by atoms with Crippen molar-refractivity contribution in [2.24, 2.45) is 5.73 Å². The van der Waals surface area contributed by atoms with Gasteiger partial charge in [0.1, 0.15) is 12.0 Å². The average molecular weight is 250 g/mol. The molecule has 0 radical (unpaired) electrons. The monoisotopic (exact) mass is 250 g/mol. The molecule has 0 saturated heterocycles. The number of rotatable bonds is 5. The number of thiophene rings is 1. The molecular weight excluding hydrogens is 236 g/mol. The van der Waals surface area contributed by atoms with E-state index in [0.29, 0.717) is 24.4 Å². The Morgan fingerprint density at radius 1 is 1.53 bits per heavy atom. The maximum atomic E-state index is 11.7. The van der Waals surface area contributed by atoms with Crippen LogP contribution in [0.5, 0.6) is 0 Å². The van der Waals surface area contributed by atoms with Gasteiger partial charge in [0.25, 0.3) is 5.91 Å². The molecule has 2 rings (SSSR count). The molecule has 1 amide bonds. The van der Waals surface area contributed by atoms with Gasteiger partial charge in [-0.1, -0.05) is 0 Å². The van der Waals surface area contributed by atoms with Crippen molar-refractivity contribution in [3.63, 3.8) is 0 Å². The van der Waals surface area contributed by atoms with Crippen LogP contribution in [0.1, 0.15) is 21.7 Å². The number of amides is 1. The Morgan fingerprint density at radius 3 is 3.06 bits per heavy atom. The van der Waals surface area contributed by atoms with Gasteiger partial charge in [0.2, 0.25) is 0 Å². The summed E-state index contributed by atoms with van der Waals surface area (Å²) in [5.41, 5.74) is 7.17. The Kier molecular flexibility index (Phi) is 3.95. The van der Waals surface area contributed by atoms with Gasteiger partial charge in [-0.25, -0.2) is 0 Å². The number of nitrogens with two attached hydrogens (primary N) is 1. The van der Waals surface area contributed by atoms with Gasteiger partial charge in [-0.3, -0.25) is 4.79 Å². The van der Waals surface area contributed by atoms with Crippen molar-refractivity contribution in [1.29, 1.82) is 0 Å². The van der Waals surface area contributed by atoms with Crippen LogP contribution in [0.2, 0.25) is 0 Å².